The molecule has 1 aliphatic rings. The number of nitrogens with one attached hydrogen (secondary N) is 1. The van der Waals surface area contributed by atoms with Gasteiger partial charge >= 0.3 is 0 Å². The van der Waals surface area contributed by atoms with E-state index in [4.69, 9.17) is 14.2 Å². The van der Waals surface area contributed by atoms with Crippen LogP contribution in [0, 0.1) is 5.92 Å². The summed E-state index contributed by atoms with van der Waals surface area (Å²) in [5.41, 5.74) is 1.89. The highest BCUT2D eigenvalue weighted by molar-refractivity contribution is 5.94. The van der Waals surface area contributed by atoms with Gasteiger partial charge in [0.15, 0.2) is 11.5 Å². The molecule has 1 heterocycles. The molecule has 1 fully saturated rings. The second-order valence-corrected chi connectivity index (χ2v) is 7.58. The van der Waals surface area contributed by atoms with Crippen molar-refractivity contribution < 1.29 is 19.0 Å². The van der Waals surface area contributed by atoms with E-state index >= 15 is 0 Å². The summed E-state index contributed by atoms with van der Waals surface area (Å²) in [5, 5.41) is 3.08. The van der Waals surface area contributed by atoms with Gasteiger partial charge in [0.2, 0.25) is 0 Å². The van der Waals surface area contributed by atoms with Gasteiger partial charge in [0.25, 0.3) is 5.91 Å². The van der Waals surface area contributed by atoms with Gasteiger partial charge in [-0.3, -0.25) is 9.69 Å². The molecule has 0 radical (unpaired) electrons. The lowest BCUT2D eigenvalue weighted by atomic mass is 9.96. The number of hydrogen-bond acceptors (Lipinski definition) is 5. The Kier molecular flexibility index (Phi) is 7.97. The zero-order valence-electron chi connectivity index (χ0n) is 18.1. The maximum Gasteiger partial charge on any atom is 0.251 e. The van der Waals surface area contributed by atoms with Crippen LogP contribution in [0.5, 0.6) is 17.2 Å². The summed E-state index contributed by atoms with van der Waals surface area (Å²) in [5.74, 6) is 2.56. The average Bonchev–Trinajstić information content (AvgIpc) is 2.79. The van der Waals surface area contributed by atoms with Gasteiger partial charge in [0.1, 0.15) is 5.75 Å². The number of ether oxygens (including phenoxy) is 3. The Labute approximate surface area is 179 Å². The van der Waals surface area contributed by atoms with E-state index in [-0.39, 0.29) is 5.91 Å². The fraction of sp³-hybridized carbons (Fsp3) is 0.458. The Bertz CT molecular complexity index is 814. The smallest absolute Gasteiger partial charge is 0.251 e. The summed E-state index contributed by atoms with van der Waals surface area (Å²) < 4.78 is 16.1. The molecule has 0 atom stereocenters. The molecular weight excluding hydrogens is 380 g/mol. The van der Waals surface area contributed by atoms with E-state index in [2.05, 4.69) is 22.3 Å². The molecule has 6 heteroatoms. The predicted molar refractivity (Wildman–Crippen MR) is 117 cm³/mol. The van der Waals surface area contributed by atoms with Crippen molar-refractivity contribution in [1.29, 1.82) is 0 Å². The largest absolute Gasteiger partial charge is 0.497 e. The van der Waals surface area contributed by atoms with E-state index in [9.17, 15) is 4.79 Å². The minimum Gasteiger partial charge on any atom is -0.497 e. The van der Waals surface area contributed by atoms with Crippen molar-refractivity contribution in [2.45, 2.75) is 26.3 Å². The van der Waals surface area contributed by atoms with Crippen molar-refractivity contribution >= 4 is 5.91 Å². The van der Waals surface area contributed by atoms with Gasteiger partial charge in [-0.05, 0) is 74.7 Å². The van der Waals surface area contributed by atoms with Crippen LogP contribution in [0.4, 0.5) is 0 Å². The lowest BCUT2D eigenvalue weighted by Gasteiger charge is -2.32. The summed E-state index contributed by atoms with van der Waals surface area (Å²) in [7, 11) is 3.28. The predicted octanol–water partition coefficient (Wildman–Crippen LogP) is 3.74. The third-order valence-electron chi connectivity index (χ3n) is 5.55. The van der Waals surface area contributed by atoms with E-state index < -0.39 is 0 Å². The fourth-order valence-electron chi connectivity index (χ4n) is 3.76. The topological polar surface area (TPSA) is 60.0 Å². The Morgan fingerprint density at radius 3 is 2.40 bits per heavy atom. The van der Waals surface area contributed by atoms with Crippen LogP contribution >= 0.6 is 0 Å². The van der Waals surface area contributed by atoms with Crippen LogP contribution in [0.1, 0.15) is 35.7 Å². The molecule has 6 nitrogen and oxygen atoms in total. The minimum atomic E-state index is -0.0701. The van der Waals surface area contributed by atoms with Crippen LogP contribution < -0.4 is 19.5 Å². The SMILES string of the molecule is CCOc1cc(C(=O)NCC2CCN(Cc3ccc(OC)cc3)CC2)ccc1OC. The highest BCUT2D eigenvalue weighted by Gasteiger charge is 2.20. The summed E-state index contributed by atoms with van der Waals surface area (Å²) in [6.07, 6.45) is 2.17. The molecular formula is C24H32N2O4. The van der Waals surface area contributed by atoms with E-state index in [0.29, 0.717) is 36.1 Å². The third kappa shape index (κ3) is 5.89. The normalized spacial score (nSPS) is 14.9. The van der Waals surface area contributed by atoms with Crippen LogP contribution in [0.3, 0.4) is 0 Å². The second kappa shape index (κ2) is 10.9. The van der Waals surface area contributed by atoms with Gasteiger partial charge in [-0.2, -0.15) is 0 Å². The Morgan fingerprint density at radius 2 is 1.77 bits per heavy atom. The highest BCUT2D eigenvalue weighted by atomic mass is 16.5. The summed E-state index contributed by atoms with van der Waals surface area (Å²) in [6, 6.07) is 13.6. The molecule has 1 aliphatic heterocycles. The monoisotopic (exact) mass is 412 g/mol. The molecule has 2 aromatic carbocycles. The van der Waals surface area contributed by atoms with Gasteiger partial charge in [-0.15, -0.1) is 0 Å². The lowest BCUT2D eigenvalue weighted by molar-refractivity contribution is 0.0934. The molecule has 1 N–H and O–H groups in total. The van der Waals surface area contributed by atoms with Crippen molar-refractivity contribution in [3.8, 4) is 17.2 Å². The number of carbonyl (C=O) groups excluding carboxylic acids is 1. The maximum absolute atomic E-state index is 12.6. The van der Waals surface area contributed by atoms with E-state index in [1.54, 1.807) is 32.4 Å². The molecule has 1 amide bonds. The summed E-state index contributed by atoms with van der Waals surface area (Å²) >= 11 is 0. The first-order valence-corrected chi connectivity index (χ1v) is 10.6. The van der Waals surface area contributed by atoms with E-state index in [1.165, 1.54) is 5.56 Å². The molecule has 0 aromatic heterocycles. The summed E-state index contributed by atoms with van der Waals surface area (Å²) in [4.78, 5) is 15.0. The first-order chi connectivity index (χ1) is 14.6. The first kappa shape index (κ1) is 22.0. The lowest BCUT2D eigenvalue weighted by Crippen LogP contribution is -2.38. The molecule has 0 spiro atoms. The molecule has 0 unspecified atom stereocenters. The van der Waals surface area contributed by atoms with Crippen molar-refractivity contribution in [3.05, 3.63) is 53.6 Å². The van der Waals surface area contributed by atoms with Crippen LogP contribution in [-0.2, 0) is 6.54 Å². The molecule has 0 bridgehead atoms. The molecule has 1 saturated heterocycles. The Hall–Kier alpha value is -2.73. The fourth-order valence-corrected chi connectivity index (χ4v) is 3.76. The highest BCUT2D eigenvalue weighted by Crippen LogP contribution is 2.28. The molecule has 0 saturated carbocycles. The first-order valence-electron chi connectivity index (χ1n) is 10.6. The Balaban J connectivity index is 1.45. The van der Waals surface area contributed by atoms with E-state index in [1.807, 2.05) is 19.1 Å². The zero-order chi connectivity index (χ0) is 21.3. The minimum absolute atomic E-state index is 0.0701. The maximum atomic E-state index is 12.6. The number of hydrogen-bond donors (Lipinski definition) is 1. The number of likely N-dealkylation sites (tertiary alicyclic amines) is 1. The van der Waals surface area contributed by atoms with E-state index in [0.717, 1.165) is 38.2 Å². The standard InChI is InChI=1S/C24H32N2O4/c1-4-30-23-15-20(7-10-22(23)29-3)24(27)25-16-18-11-13-26(14-12-18)17-19-5-8-21(28-2)9-6-19/h5-10,15,18H,4,11-14,16-17H2,1-3H3,(H,25,27). The molecule has 0 aliphatic carbocycles. The van der Waals surface area contributed by atoms with Crippen molar-refractivity contribution in [2.75, 3.05) is 40.5 Å². The molecule has 2 aromatic rings. The van der Waals surface area contributed by atoms with Crippen LogP contribution in [0.15, 0.2) is 42.5 Å². The van der Waals surface area contributed by atoms with Gasteiger partial charge in [-0.25, -0.2) is 0 Å². The van der Waals surface area contributed by atoms with Crippen molar-refractivity contribution in [1.82, 2.24) is 10.2 Å². The molecule has 30 heavy (non-hydrogen) atoms. The number of piperidine rings is 1. The number of methoxy groups -OCH3 is 2. The van der Waals surface area contributed by atoms with Crippen molar-refractivity contribution in [2.24, 2.45) is 5.92 Å². The van der Waals surface area contributed by atoms with Gasteiger partial charge in [0, 0.05) is 18.7 Å². The number of carbonyl (C=O) groups is 1. The number of nitrogens with zero attached hydrogens (tertiary/aromatic N) is 1. The molecule has 162 valence electrons. The van der Waals surface area contributed by atoms with Gasteiger partial charge in [-0.1, -0.05) is 12.1 Å². The zero-order valence-corrected chi connectivity index (χ0v) is 18.1. The van der Waals surface area contributed by atoms with Crippen LogP contribution in [-0.4, -0.2) is 51.3 Å². The summed E-state index contributed by atoms with van der Waals surface area (Å²) in [6.45, 7) is 6.18. The van der Waals surface area contributed by atoms with Gasteiger partial charge in [0.05, 0.1) is 20.8 Å². The van der Waals surface area contributed by atoms with Crippen LogP contribution in [0.25, 0.3) is 0 Å². The average molecular weight is 413 g/mol. The number of rotatable bonds is 9. The Morgan fingerprint density at radius 1 is 1.03 bits per heavy atom. The van der Waals surface area contributed by atoms with Gasteiger partial charge < -0.3 is 19.5 Å². The second-order valence-electron chi connectivity index (χ2n) is 7.58. The van der Waals surface area contributed by atoms with Crippen LogP contribution in [0.2, 0.25) is 0 Å². The number of amides is 1. The molecule has 3 rings (SSSR count). The van der Waals surface area contributed by atoms with Crippen molar-refractivity contribution in [3.63, 3.8) is 0 Å². The number of benzene rings is 2. The third-order valence-corrected chi connectivity index (χ3v) is 5.55. The quantitative estimate of drug-likeness (QED) is 0.680.